The largest absolute Gasteiger partial charge is 0.444 e. The molecule has 2 aromatic carbocycles. The van der Waals surface area contributed by atoms with Gasteiger partial charge in [0.05, 0.1) is 11.3 Å². The molecule has 2 amide bonds. The first kappa shape index (κ1) is 33.0. The summed E-state index contributed by atoms with van der Waals surface area (Å²) in [6, 6.07) is 14.6. The topological polar surface area (TPSA) is 119 Å². The van der Waals surface area contributed by atoms with Gasteiger partial charge in [0.25, 0.3) is 0 Å². The number of carbonyl (C=O) groups excluding carboxylic acids is 2. The average Bonchev–Trinajstić information content (AvgIpc) is 3.42. The SMILES string of the molecule is Cc1ccc2c(NC(=O)C3CCC(F)(F)C3)cccc2c1Oc1ncccc1-c1ccnc(NC2CCCN(C(=O)OC(C)(C)C)C2)n1. The molecule has 0 spiro atoms. The highest BCUT2D eigenvalue weighted by atomic mass is 19.3. The van der Waals surface area contributed by atoms with Crippen molar-refractivity contribution in [3.8, 4) is 22.9 Å². The zero-order chi connectivity index (χ0) is 34.1. The lowest BCUT2D eigenvalue weighted by molar-refractivity contribution is -0.120. The number of aryl methyl sites for hydroxylation is 1. The van der Waals surface area contributed by atoms with Gasteiger partial charge in [-0.2, -0.15) is 0 Å². The van der Waals surface area contributed by atoms with E-state index in [2.05, 4.69) is 20.6 Å². The molecule has 3 heterocycles. The van der Waals surface area contributed by atoms with Gasteiger partial charge in [-0.25, -0.2) is 28.5 Å². The lowest BCUT2D eigenvalue weighted by atomic mass is 10.0. The Morgan fingerprint density at radius 3 is 2.60 bits per heavy atom. The summed E-state index contributed by atoms with van der Waals surface area (Å²) >= 11 is 0. The zero-order valence-corrected chi connectivity index (χ0v) is 27.6. The van der Waals surface area contributed by atoms with Gasteiger partial charge in [0.2, 0.25) is 23.7 Å². The van der Waals surface area contributed by atoms with Gasteiger partial charge in [-0.05, 0) is 76.8 Å². The van der Waals surface area contributed by atoms with Crippen molar-refractivity contribution in [3.63, 3.8) is 0 Å². The summed E-state index contributed by atoms with van der Waals surface area (Å²) in [5.74, 6) is -2.66. The molecule has 0 bridgehead atoms. The number of alkyl halides is 2. The summed E-state index contributed by atoms with van der Waals surface area (Å²) in [7, 11) is 0. The molecule has 0 radical (unpaired) electrons. The van der Waals surface area contributed by atoms with Crippen LogP contribution in [-0.2, 0) is 9.53 Å². The molecule has 12 heteroatoms. The standard InChI is InChI=1S/C36H40F2N6O4/c1-22-12-13-25-26(9-5-11-28(25)42-31(45)23-14-16-36(37,38)20-23)30(22)47-32-27(10-6-17-39-32)29-15-18-40-33(43-29)41-24-8-7-19-44(21-24)34(46)48-35(2,3)4/h5-6,9-13,15,17-18,23-24H,7-8,14,16,19-21H2,1-4H3,(H,42,45)(H,40,41,43). The minimum Gasteiger partial charge on any atom is -0.444 e. The summed E-state index contributed by atoms with van der Waals surface area (Å²) in [5, 5.41) is 7.71. The highest BCUT2D eigenvalue weighted by Crippen LogP contribution is 2.41. The van der Waals surface area contributed by atoms with Crippen molar-refractivity contribution in [3.05, 3.63) is 66.5 Å². The molecule has 1 aliphatic carbocycles. The van der Waals surface area contributed by atoms with E-state index in [-0.39, 0.29) is 25.0 Å². The molecule has 10 nitrogen and oxygen atoms in total. The summed E-state index contributed by atoms with van der Waals surface area (Å²) in [6.45, 7) is 8.57. The molecule has 1 saturated carbocycles. The molecule has 2 unspecified atom stereocenters. The van der Waals surface area contributed by atoms with Crippen LogP contribution in [0.25, 0.3) is 22.0 Å². The number of amides is 2. The van der Waals surface area contributed by atoms with Crippen molar-refractivity contribution in [2.45, 2.75) is 77.4 Å². The number of benzene rings is 2. The number of hydrogen-bond acceptors (Lipinski definition) is 8. The number of piperidine rings is 1. The highest BCUT2D eigenvalue weighted by Gasteiger charge is 2.42. The number of fused-ring (bicyclic) bond motifs is 1. The number of halogens is 2. The second-order valence-electron chi connectivity index (χ2n) is 13.5. The number of rotatable bonds is 7. The Morgan fingerprint density at radius 2 is 1.83 bits per heavy atom. The molecular formula is C36H40F2N6O4. The fourth-order valence-electron chi connectivity index (χ4n) is 6.20. The van der Waals surface area contributed by atoms with Crippen molar-refractivity contribution in [2.75, 3.05) is 23.7 Å². The third kappa shape index (κ3) is 7.64. The molecular weight excluding hydrogens is 618 g/mol. The number of anilines is 2. The Hall–Kier alpha value is -4.87. The smallest absolute Gasteiger partial charge is 0.410 e. The number of aromatic nitrogens is 3. The van der Waals surface area contributed by atoms with E-state index in [0.29, 0.717) is 47.6 Å². The minimum atomic E-state index is -2.81. The summed E-state index contributed by atoms with van der Waals surface area (Å²) < 4.78 is 39.6. The number of nitrogens with one attached hydrogen (secondary N) is 2. The second kappa shape index (κ2) is 13.3. The Labute approximate surface area is 278 Å². The van der Waals surface area contributed by atoms with Gasteiger partial charge in [-0.1, -0.05) is 24.3 Å². The van der Waals surface area contributed by atoms with Crippen molar-refractivity contribution in [1.29, 1.82) is 0 Å². The van der Waals surface area contributed by atoms with Crippen LogP contribution in [0.3, 0.4) is 0 Å². The number of pyridine rings is 1. The maximum atomic E-state index is 13.8. The van der Waals surface area contributed by atoms with E-state index >= 15 is 0 Å². The fourth-order valence-corrected chi connectivity index (χ4v) is 6.20. The summed E-state index contributed by atoms with van der Waals surface area (Å²) in [4.78, 5) is 41.0. The van der Waals surface area contributed by atoms with Crippen molar-refractivity contribution >= 4 is 34.4 Å². The lowest BCUT2D eigenvalue weighted by Gasteiger charge is -2.34. The molecule has 2 aromatic heterocycles. The van der Waals surface area contributed by atoms with Crippen LogP contribution in [0.2, 0.25) is 0 Å². The summed E-state index contributed by atoms with van der Waals surface area (Å²) in [6.07, 6.45) is 4.08. The molecule has 252 valence electrons. The molecule has 2 atom stereocenters. The maximum Gasteiger partial charge on any atom is 0.410 e. The third-order valence-corrected chi connectivity index (χ3v) is 8.55. The number of likely N-dealkylation sites (tertiary alicyclic amines) is 1. The average molecular weight is 659 g/mol. The van der Waals surface area contributed by atoms with Crippen LogP contribution in [0.4, 0.5) is 25.2 Å². The molecule has 1 saturated heterocycles. The number of nitrogens with zero attached hydrogens (tertiary/aromatic N) is 4. The maximum absolute atomic E-state index is 13.8. The number of ether oxygens (including phenoxy) is 2. The number of hydrogen-bond donors (Lipinski definition) is 2. The first-order valence-electron chi connectivity index (χ1n) is 16.3. The Balaban J connectivity index is 1.22. The molecule has 48 heavy (non-hydrogen) atoms. The quantitative estimate of drug-likeness (QED) is 0.205. The van der Waals surface area contributed by atoms with E-state index in [1.54, 1.807) is 41.6 Å². The first-order chi connectivity index (χ1) is 22.8. The third-order valence-electron chi connectivity index (χ3n) is 8.55. The Bertz CT molecular complexity index is 1830. The van der Waals surface area contributed by atoms with Crippen molar-refractivity contribution in [2.24, 2.45) is 5.92 Å². The van der Waals surface area contributed by atoms with E-state index in [9.17, 15) is 18.4 Å². The van der Waals surface area contributed by atoms with E-state index in [0.717, 1.165) is 29.2 Å². The first-order valence-corrected chi connectivity index (χ1v) is 16.3. The van der Waals surface area contributed by atoms with E-state index in [1.165, 1.54) is 0 Å². The van der Waals surface area contributed by atoms with Crippen LogP contribution in [0, 0.1) is 12.8 Å². The van der Waals surface area contributed by atoms with Crippen molar-refractivity contribution in [1.82, 2.24) is 19.9 Å². The lowest BCUT2D eigenvalue weighted by Crippen LogP contribution is -2.47. The molecule has 2 aliphatic rings. The number of carbonyl (C=O) groups is 2. The zero-order valence-electron chi connectivity index (χ0n) is 27.6. The van der Waals surface area contributed by atoms with E-state index < -0.39 is 29.8 Å². The van der Waals surface area contributed by atoms with Crippen LogP contribution in [-0.4, -0.2) is 62.5 Å². The van der Waals surface area contributed by atoms with E-state index in [4.69, 9.17) is 14.5 Å². The van der Waals surface area contributed by atoms with Crippen LogP contribution in [0.5, 0.6) is 11.6 Å². The highest BCUT2D eigenvalue weighted by molar-refractivity contribution is 6.05. The molecule has 2 N–H and O–H groups in total. The fraction of sp³-hybridized carbons (Fsp3) is 0.417. The predicted octanol–water partition coefficient (Wildman–Crippen LogP) is 7.98. The molecule has 1 aliphatic heterocycles. The van der Waals surface area contributed by atoms with E-state index in [1.807, 2.05) is 52.0 Å². The van der Waals surface area contributed by atoms with Crippen LogP contribution in [0.15, 0.2) is 60.9 Å². The summed E-state index contributed by atoms with van der Waals surface area (Å²) in [5.41, 5.74) is 2.03. The molecule has 2 fully saturated rings. The molecule has 4 aromatic rings. The van der Waals surface area contributed by atoms with Gasteiger partial charge >= 0.3 is 6.09 Å². The van der Waals surface area contributed by atoms with Crippen LogP contribution < -0.4 is 15.4 Å². The normalized spacial score (nSPS) is 19.2. The second-order valence-corrected chi connectivity index (χ2v) is 13.5. The Morgan fingerprint density at radius 1 is 1.00 bits per heavy atom. The van der Waals surface area contributed by atoms with Gasteiger partial charge < -0.3 is 25.0 Å². The predicted molar refractivity (Wildman–Crippen MR) is 179 cm³/mol. The van der Waals surface area contributed by atoms with Gasteiger partial charge in [-0.3, -0.25) is 4.79 Å². The van der Waals surface area contributed by atoms with Gasteiger partial charge in [0.1, 0.15) is 11.4 Å². The van der Waals surface area contributed by atoms with Crippen molar-refractivity contribution < 1.29 is 27.8 Å². The molecule has 6 rings (SSSR count). The monoisotopic (exact) mass is 658 g/mol. The van der Waals surface area contributed by atoms with Gasteiger partial charge in [0, 0.05) is 66.7 Å². The Kier molecular flexibility index (Phi) is 9.18. The van der Waals surface area contributed by atoms with Crippen LogP contribution in [0.1, 0.15) is 58.4 Å². The van der Waals surface area contributed by atoms with Gasteiger partial charge in [0.15, 0.2) is 0 Å². The van der Waals surface area contributed by atoms with Gasteiger partial charge in [-0.15, -0.1) is 0 Å². The van der Waals surface area contributed by atoms with Crippen LogP contribution >= 0.6 is 0 Å². The minimum absolute atomic E-state index is 0.0516.